The number of carbonyl (C=O) groups excluding carboxylic acids is 1. The number of allylic oxidation sites excluding steroid dienone is 2. The van der Waals surface area contributed by atoms with Gasteiger partial charge in [-0.05, 0) is 93.9 Å². The Morgan fingerprint density at radius 3 is 2.09 bits per heavy atom. The third-order valence-electron chi connectivity index (χ3n) is 5.22. The van der Waals surface area contributed by atoms with Gasteiger partial charge in [0.15, 0.2) is 0 Å². The molecule has 0 bridgehead atoms. The highest BCUT2D eigenvalue weighted by Crippen LogP contribution is 2.38. The van der Waals surface area contributed by atoms with Crippen molar-refractivity contribution >= 4 is 34.6 Å². The number of anilines is 3. The van der Waals surface area contributed by atoms with E-state index in [1.54, 1.807) is 26.2 Å². The van der Waals surface area contributed by atoms with Crippen LogP contribution < -0.4 is 14.4 Å². The first-order chi connectivity index (χ1) is 15.8. The lowest BCUT2D eigenvalue weighted by Crippen LogP contribution is -2.11. The monoisotopic (exact) mass is 461 g/mol. The van der Waals surface area contributed by atoms with Gasteiger partial charge in [-0.2, -0.15) is 0 Å². The summed E-state index contributed by atoms with van der Waals surface area (Å²) in [6.07, 6.45) is 2.89. The number of hydrogen-bond donors (Lipinski definition) is 0. The van der Waals surface area contributed by atoms with Crippen molar-refractivity contribution in [1.29, 1.82) is 0 Å². The maximum atomic E-state index is 11.9. The summed E-state index contributed by atoms with van der Waals surface area (Å²) in [7, 11) is 1.69. The lowest BCUT2D eigenvalue weighted by molar-refractivity contribution is -0.130. The molecule has 0 radical (unpaired) electrons. The lowest BCUT2D eigenvalue weighted by Gasteiger charge is -2.26. The third-order valence-corrected chi connectivity index (χ3v) is 5.48. The number of esters is 1. The topological polar surface area (TPSA) is 38.8 Å². The van der Waals surface area contributed by atoms with Crippen LogP contribution in [0, 0.1) is 0 Å². The number of hydrogen-bond acceptors (Lipinski definition) is 4. The quantitative estimate of drug-likeness (QED) is 0.148. The van der Waals surface area contributed by atoms with Gasteiger partial charge in [-0.3, -0.25) is 0 Å². The second-order valence-electron chi connectivity index (χ2n) is 7.78. The minimum absolute atomic E-state index is 0.351. The lowest BCUT2D eigenvalue weighted by atomic mass is 10.0. The van der Waals surface area contributed by atoms with Crippen LogP contribution in [0.15, 0.2) is 90.5 Å². The predicted molar refractivity (Wildman–Crippen MR) is 136 cm³/mol. The Hall–Kier alpha value is -3.50. The summed E-state index contributed by atoms with van der Waals surface area (Å²) in [6.45, 7) is 9.39. The van der Waals surface area contributed by atoms with Crippen LogP contribution in [0.5, 0.6) is 11.5 Å². The molecule has 4 nitrogen and oxygen atoms in total. The van der Waals surface area contributed by atoms with E-state index in [0.717, 1.165) is 34.8 Å². The molecule has 0 N–H and O–H groups in total. The molecule has 0 saturated carbocycles. The smallest absolute Gasteiger partial charge is 0.338 e. The molecular formula is C28H28ClNO3. The van der Waals surface area contributed by atoms with E-state index in [0.29, 0.717) is 16.3 Å². The number of rotatable bonds is 8. The van der Waals surface area contributed by atoms with Gasteiger partial charge in [-0.1, -0.05) is 29.8 Å². The van der Waals surface area contributed by atoms with Crippen LogP contribution in [-0.4, -0.2) is 13.1 Å². The second kappa shape index (κ2) is 10.9. The first-order valence-electron chi connectivity index (χ1n) is 10.6. The Morgan fingerprint density at radius 1 is 0.970 bits per heavy atom. The van der Waals surface area contributed by atoms with Crippen LogP contribution in [0.2, 0.25) is 5.02 Å². The summed E-state index contributed by atoms with van der Waals surface area (Å²) in [5.41, 5.74) is 5.53. The van der Waals surface area contributed by atoms with Gasteiger partial charge in [-0.15, -0.1) is 0 Å². The zero-order valence-corrected chi connectivity index (χ0v) is 20.1. The van der Waals surface area contributed by atoms with E-state index < -0.39 is 5.97 Å². The molecule has 0 aliphatic carbocycles. The Bertz CT molecular complexity index is 1160. The molecule has 3 rings (SSSR count). The molecule has 0 aliphatic heterocycles. The number of ether oxygens (including phenoxy) is 2. The Labute approximate surface area is 200 Å². The van der Waals surface area contributed by atoms with Crippen LogP contribution in [0.3, 0.4) is 0 Å². The summed E-state index contributed by atoms with van der Waals surface area (Å²) in [6, 6.07) is 21.2. The van der Waals surface area contributed by atoms with Crippen molar-refractivity contribution in [2.75, 3.05) is 12.0 Å². The standard InChI is InChI=1S/C28H28ClNO3/c1-6-20(4)17-21-18-25(13-16-27(21)32-5)30(23-9-7-22(29)8-10-23)24-11-14-26(15-12-24)33-28(31)19(2)3/h6-16,18H,2,17H2,1,3-5H3/b20-6+. The summed E-state index contributed by atoms with van der Waals surface area (Å²) >= 11 is 6.14. The largest absolute Gasteiger partial charge is 0.496 e. The van der Waals surface area contributed by atoms with Crippen molar-refractivity contribution in [3.8, 4) is 11.5 Å². The molecule has 0 amide bonds. The Morgan fingerprint density at radius 2 is 1.55 bits per heavy atom. The molecule has 3 aromatic carbocycles. The Balaban J connectivity index is 2.06. The Kier molecular flexibility index (Phi) is 7.96. The number of halogens is 1. The van der Waals surface area contributed by atoms with E-state index in [-0.39, 0.29) is 0 Å². The van der Waals surface area contributed by atoms with Crippen LogP contribution >= 0.6 is 11.6 Å². The molecule has 0 heterocycles. The van der Waals surface area contributed by atoms with E-state index in [2.05, 4.69) is 30.5 Å². The molecule has 0 fully saturated rings. The molecule has 170 valence electrons. The van der Waals surface area contributed by atoms with Gasteiger partial charge in [0, 0.05) is 33.2 Å². The molecule has 0 atom stereocenters. The number of methoxy groups -OCH3 is 1. The summed E-state index contributed by atoms with van der Waals surface area (Å²) in [4.78, 5) is 14.0. The highest BCUT2D eigenvalue weighted by molar-refractivity contribution is 6.30. The van der Waals surface area contributed by atoms with Crippen molar-refractivity contribution in [3.63, 3.8) is 0 Å². The molecule has 5 heteroatoms. The predicted octanol–water partition coefficient (Wildman–Crippen LogP) is 7.81. The van der Waals surface area contributed by atoms with Crippen molar-refractivity contribution in [2.24, 2.45) is 0 Å². The maximum Gasteiger partial charge on any atom is 0.338 e. The van der Waals surface area contributed by atoms with E-state index in [4.69, 9.17) is 21.1 Å². The molecule has 0 saturated heterocycles. The van der Waals surface area contributed by atoms with Gasteiger partial charge < -0.3 is 14.4 Å². The molecular weight excluding hydrogens is 434 g/mol. The van der Waals surface area contributed by atoms with E-state index in [1.165, 1.54) is 5.57 Å². The minimum atomic E-state index is -0.448. The summed E-state index contributed by atoms with van der Waals surface area (Å²) in [5, 5.41) is 0.667. The molecule has 0 unspecified atom stereocenters. The molecule has 0 aromatic heterocycles. The molecule has 3 aromatic rings. The van der Waals surface area contributed by atoms with Crippen molar-refractivity contribution in [3.05, 3.63) is 101 Å². The molecule has 0 aliphatic rings. The second-order valence-corrected chi connectivity index (χ2v) is 8.22. The zero-order valence-electron chi connectivity index (χ0n) is 19.4. The zero-order chi connectivity index (χ0) is 24.0. The van der Waals surface area contributed by atoms with Gasteiger partial charge in [0.1, 0.15) is 11.5 Å². The minimum Gasteiger partial charge on any atom is -0.496 e. The van der Waals surface area contributed by atoms with Crippen LogP contribution in [0.4, 0.5) is 17.1 Å². The first-order valence-corrected chi connectivity index (χ1v) is 11.0. The molecule has 0 spiro atoms. The SMILES string of the molecule is C=C(C)C(=O)Oc1ccc(N(c2ccc(Cl)cc2)c2ccc(OC)c(C/C(C)=C/C)c2)cc1. The van der Waals surface area contributed by atoms with Gasteiger partial charge in [0.05, 0.1) is 7.11 Å². The van der Waals surface area contributed by atoms with Gasteiger partial charge in [0.2, 0.25) is 0 Å². The van der Waals surface area contributed by atoms with Crippen molar-refractivity contribution in [2.45, 2.75) is 27.2 Å². The van der Waals surface area contributed by atoms with Crippen LogP contribution in [0.25, 0.3) is 0 Å². The van der Waals surface area contributed by atoms with Crippen LogP contribution in [0.1, 0.15) is 26.3 Å². The van der Waals surface area contributed by atoms with Gasteiger partial charge in [-0.25, -0.2) is 4.79 Å². The number of benzene rings is 3. The summed E-state index contributed by atoms with van der Waals surface area (Å²) < 4.78 is 11.0. The summed E-state index contributed by atoms with van der Waals surface area (Å²) in [5.74, 6) is 0.858. The highest BCUT2D eigenvalue weighted by Gasteiger charge is 2.16. The average molecular weight is 462 g/mol. The van der Waals surface area contributed by atoms with E-state index in [1.807, 2.05) is 55.5 Å². The highest BCUT2D eigenvalue weighted by atomic mass is 35.5. The fourth-order valence-electron chi connectivity index (χ4n) is 3.34. The third kappa shape index (κ3) is 6.05. The van der Waals surface area contributed by atoms with Gasteiger partial charge in [0.25, 0.3) is 0 Å². The van der Waals surface area contributed by atoms with E-state index >= 15 is 0 Å². The van der Waals surface area contributed by atoms with Gasteiger partial charge >= 0.3 is 5.97 Å². The number of nitrogens with zero attached hydrogens (tertiary/aromatic N) is 1. The average Bonchev–Trinajstić information content (AvgIpc) is 2.81. The first kappa shape index (κ1) is 24.1. The normalized spacial score (nSPS) is 11.1. The van der Waals surface area contributed by atoms with Crippen LogP contribution in [-0.2, 0) is 11.2 Å². The van der Waals surface area contributed by atoms with E-state index in [9.17, 15) is 4.79 Å². The maximum absolute atomic E-state index is 11.9. The van der Waals surface area contributed by atoms with Crippen molar-refractivity contribution in [1.82, 2.24) is 0 Å². The fourth-order valence-corrected chi connectivity index (χ4v) is 3.47. The molecule has 33 heavy (non-hydrogen) atoms. The fraction of sp³-hybridized carbons (Fsp3) is 0.179. The number of carbonyl (C=O) groups is 1. The van der Waals surface area contributed by atoms with Crippen molar-refractivity contribution < 1.29 is 14.3 Å².